The molecule has 13 heavy (non-hydrogen) atoms. The first-order valence-electron chi connectivity index (χ1n) is 4.89. The zero-order chi connectivity index (χ0) is 9.68. The van der Waals surface area contributed by atoms with Gasteiger partial charge in [0.2, 0.25) is 0 Å². The average molecular weight is 187 g/mol. The van der Waals surface area contributed by atoms with E-state index in [9.17, 15) is 0 Å². The van der Waals surface area contributed by atoms with E-state index in [4.69, 9.17) is 10.5 Å². The number of hydrogen-bond acceptors (Lipinski definition) is 4. The highest BCUT2D eigenvalue weighted by molar-refractivity contribution is 4.77. The summed E-state index contributed by atoms with van der Waals surface area (Å²) in [5.74, 6) is 0. The van der Waals surface area contributed by atoms with Crippen LogP contribution < -0.4 is 5.73 Å². The molecule has 1 aliphatic rings. The molecule has 0 amide bonds. The van der Waals surface area contributed by atoms with Crippen LogP contribution in [0.5, 0.6) is 0 Å². The third-order valence-electron chi connectivity index (χ3n) is 2.69. The summed E-state index contributed by atoms with van der Waals surface area (Å²) in [7, 11) is 3.89. The number of nitrogens with zero attached hydrogens (tertiary/aromatic N) is 2. The Labute approximate surface area is 80.6 Å². The second-order valence-corrected chi connectivity index (χ2v) is 3.68. The molecule has 78 valence electrons. The van der Waals surface area contributed by atoms with Crippen molar-refractivity contribution < 1.29 is 4.74 Å². The normalized spacial score (nSPS) is 23.3. The summed E-state index contributed by atoms with van der Waals surface area (Å²) >= 11 is 0. The second-order valence-electron chi connectivity index (χ2n) is 3.68. The van der Waals surface area contributed by atoms with E-state index in [1.165, 1.54) is 0 Å². The maximum absolute atomic E-state index is 5.69. The van der Waals surface area contributed by atoms with Gasteiger partial charge in [0, 0.05) is 45.9 Å². The molecule has 1 heterocycles. The monoisotopic (exact) mass is 187 g/mol. The standard InChI is InChI=1S/C9H21N3O/c1-11-3-5-12(6-4-11)9(7-10)8-13-2/h9H,3-8,10H2,1-2H3. The van der Waals surface area contributed by atoms with E-state index in [0.29, 0.717) is 12.6 Å². The fourth-order valence-corrected chi connectivity index (χ4v) is 1.70. The molecule has 2 N–H and O–H groups in total. The molecule has 0 aliphatic carbocycles. The summed E-state index contributed by atoms with van der Waals surface area (Å²) in [6.45, 7) is 5.95. The second kappa shape index (κ2) is 5.54. The number of nitrogens with two attached hydrogens (primary N) is 1. The van der Waals surface area contributed by atoms with Crippen LogP contribution >= 0.6 is 0 Å². The number of hydrogen-bond donors (Lipinski definition) is 1. The third-order valence-corrected chi connectivity index (χ3v) is 2.69. The first-order chi connectivity index (χ1) is 6.27. The van der Waals surface area contributed by atoms with Gasteiger partial charge in [0.1, 0.15) is 0 Å². The summed E-state index contributed by atoms with van der Waals surface area (Å²) < 4.78 is 5.14. The predicted octanol–water partition coefficient (Wildman–Crippen LogP) is -0.792. The molecule has 0 saturated carbocycles. The van der Waals surface area contributed by atoms with E-state index in [0.717, 1.165) is 32.8 Å². The van der Waals surface area contributed by atoms with Crippen molar-refractivity contribution >= 4 is 0 Å². The molecule has 0 aromatic carbocycles. The van der Waals surface area contributed by atoms with Crippen LogP contribution in [0, 0.1) is 0 Å². The lowest BCUT2D eigenvalue weighted by molar-refractivity contribution is 0.0605. The summed E-state index contributed by atoms with van der Waals surface area (Å²) in [5, 5.41) is 0. The minimum absolute atomic E-state index is 0.402. The Morgan fingerprint density at radius 2 is 1.92 bits per heavy atom. The van der Waals surface area contributed by atoms with Gasteiger partial charge in [-0.2, -0.15) is 0 Å². The van der Waals surface area contributed by atoms with Crippen molar-refractivity contribution in [3.8, 4) is 0 Å². The van der Waals surface area contributed by atoms with Gasteiger partial charge in [0.15, 0.2) is 0 Å². The van der Waals surface area contributed by atoms with Crippen LogP contribution in [0.4, 0.5) is 0 Å². The van der Waals surface area contributed by atoms with Gasteiger partial charge in [-0.15, -0.1) is 0 Å². The van der Waals surface area contributed by atoms with Crippen LogP contribution in [0.3, 0.4) is 0 Å². The number of rotatable bonds is 4. The first-order valence-corrected chi connectivity index (χ1v) is 4.89. The van der Waals surface area contributed by atoms with Crippen LogP contribution in [0.2, 0.25) is 0 Å². The lowest BCUT2D eigenvalue weighted by Gasteiger charge is -2.37. The predicted molar refractivity (Wildman–Crippen MR) is 53.8 cm³/mol. The minimum Gasteiger partial charge on any atom is -0.383 e. The van der Waals surface area contributed by atoms with E-state index in [-0.39, 0.29) is 0 Å². The van der Waals surface area contributed by atoms with Crippen molar-refractivity contribution in [3.63, 3.8) is 0 Å². The van der Waals surface area contributed by atoms with Gasteiger partial charge in [-0.25, -0.2) is 0 Å². The van der Waals surface area contributed by atoms with Crippen molar-refractivity contribution in [1.29, 1.82) is 0 Å². The first kappa shape index (κ1) is 10.9. The number of ether oxygens (including phenoxy) is 1. The molecule has 1 aliphatic heterocycles. The number of likely N-dealkylation sites (N-methyl/N-ethyl adjacent to an activating group) is 1. The molecule has 0 bridgehead atoms. The van der Waals surface area contributed by atoms with Crippen molar-refractivity contribution in [3.05, 3.63) is 0 Å². The highest BCUT2D eigenvalue weighted by Gasteiger charge is 2.20. The average Bonchev–Trinajstić information content (AvgIpc) is 2.16. The van der Waals surface area contributed by atoms with Crippen LogP contribution in [-0.4, -0.2) is 69.3 Å². The molecule has 0 spiro atoms. The van der Waals surface area contributed by atoms with Gasteiger partial charge >= 0.3 is 0 Å². The Kier molecular flexibility index (Phi) is 4.66. The molecule has 0 aromatic heterocycles. The van der Waals surface area contributed by atoms with E-state index in [1.807, 2.05) is 0 Å². The molecular formula is C9H21N3O. The van der Waals surface area contributed by atoms with Crippen molar-refractivity contribution in [2.24, 2.45) is 5.73 Å². The minimum atomic E-state index is 0.402. The van der Waals surface area contributed by atoms with Gasteiger partial charge in [-0.05, 0) is 7.05 Å². The van der Waals surface area contributed by atoms with E-state index < -0.39 is 0 Å². The molecule has 1 unspecified atom stereocenters. The summed E-state index contributed by atoms with van der Waals surface area (Å²) in [6, 6.07) is 0.402. The van der Waals surface area contributed by atoms with Crippen molar-refractivity contribution in [2.75, 3.05) is 53.5 Å². The summed E-state index contributed by atoms with van der Waals surface area (Å²) in [6.07, 6.45) is 0. The quantitative estimate of drug-likeness (QED) is 0.626. The third kappa shape index (κ3) is 3.23. The summed E-state index contributed by atoms with van der Waals surface area (Å²) in [4.78, 5) is 4.76. The van der Waals surface area contributed by atoms with E-state index in [1.54, 1.807) is 7.11 Å². The Balaban J connectivity index is 2.32. The molecule has 1 saturated heterocycles. The lowest BCUT2D eigenvalue weighted by atomic mass is 10.2. The highest BCUT2D eigenvalue weighted by atomic mass is 16.5. The number of piperazine rings is 1. The van der Waals surface area contributed by atoms with Crippen molar-refractivity contribution in [1.82, 2.24) is 9.80 Å². The molecule has 0 aromatic rings. The van der Waals surface area contributed by atoms with Crippen LogP contribution in [0.1, 0.15) is 0 Å². The fourth-order valence-electron chi connectivity index (χ4n) is 1.70. The Hall–Kier alpha value is -0.160. The Morgan fingerprint density at radius 3 is 2.38 bits per heavy atom. The largest absolute Gasteiger partial charge is 0.383 e. The van der Waals surface area contributed by atoms with Gasteiger partial charge in [-0.1, -0.05) is 0 Å². The van der Waals surface area contributed by atoms with Crippen molar-refractivity contribution in [2.45, 2.75) is 6.04 Å². The van der Waals surface area contributed by atoms with Crippen LogP contribution in [-0.2, 0) is 4.74 Å². The molecule has 1 rings (SSSR count). The SMILES string of the molecule is COCC(CN)N1CCN(C)CC1. The van der Waals surface area contributed by atoms with E-state index in [2.05, 4.69) is 16.8 Å². The van der Waals surface area contributed by atoms with Crippen LogP contribution in [0.25, 0.3) is 0 Å². The van der Waals surface area contributed by atoms with Crippen LogP contribution in [0.15, 0.2) is 0 Å². The fraction of sp³-hybridized carbons (Fsp3) is 1.00. The maximum atomic E-state index is 5.69. The zero-order valence-electron chi connectivity index (χ0n) is 8.70. The summed E-state index contributed by atoms with van der Waals surface area (Å²) in [5.41, 5.74) is 5.69. The molecule has 1 atom stereocenters. The Morgan fingerprint density at radius 1 is 1.31 bits per heavy atom. The highest BCUT2D eigenvalue weighted by Crippen LogP contribution is 2.04. The molecule has 4 nitrogen and oxygen atoms in total. The maximum Gasteiger partial charge on any atom is 0.0630 e. The Bertz CT molecular complexity index is 135. The topological polar surface area (TPSA) is 41.7 Å². The lowest BCUT2D eigenvalue weighted by Crippen LogP contribution is -2.52. The van der Waals surface area contributed by atoms with Gasteiger partial charge in [-0.3, -0.25) is 4.90 Å². The molecule has 1 fully saturated rings. The molecule has 0 radical (unpaired) electrons. The molecule has 4 heteroatoms. The van der Waals surface area contributed by atoms with Gasteiger partial charge in [0.05, 0.1) is 6.61 Å². The molecular weight excluding hydrogens is 166 g/mol. The zero-order valence-corrected chi connectivity index (χ0v) is 8.70. The van der Waals surface area contributed by atoms with E-state index >= 15 is 0 Å². The van der Waals surface area contributed by atoms with Gasteiger partial charge in [0.25, 0.3) is 0 Å². The van der Waals surface area contributed by atoms with Gasteiger partial charge < -0.3 is 15.4 Å². The number of methoxy groups -OCH3 is 1. The smallest absolute Gasteiger partial charge is 0.0630 e.